The second kappa shape index (κ2) is 8.52. The Kier molecular flexibility index (Phi) is 8.46. The van der Waals surface area contributed by atoms with Gasteiger partial charge in [0.1, 0.15) is 0 Å². The molecule has 0 bridgehead atoms. The summed E-state index contributed by atoms with van der Waals surface area (Å²) in [6.45, 7) is 10.4. The number of aliphatic hydroxyl groups excluding tert-OH is 1. The summed E-state index contributed by atoms with van der Waals surface area (Å²) in [6, 6.07) is 0. The molecule has 2 heteroatoms. The molecule has 0 aromatic carbocycles. The van der Waals surface area contributed by atoms with Crippen molar-refractivity contribution in [3.8, 4) is 0 Å². The van der Waals surface area contributed by atoms with Gasteiger partial charge in [-0.2, -0.15) is 0 Å². The summed E-state index contributed by atoms with van der Waals surface area (Å²) >= 11 is 0. The number of unbranched alkanes of at least 4 members (excludes halogenated alkanes) is 1. The Labute approximate surface area is 82.9 Å². The Morgan fingerprint density at radius 3 is 2.38 bits per heavy atom. The van der Waals surface area contributed by atoms with Gasteiger partial charge in [-0.3, -0.25) is 0 Å². The highest BCUT2D eigenvalue weighted by Gasteiger charge is 2.04. The summed E-state index contributed by atoms with van der Waals surface area (Å²) in [4.78, 5) is 2.47. The van der Waals surface area contributed by atoms with Gasteiger partial charge in [-0.15, -0.1) is 0 Å². The minimum atomic E-state index is 0.325. The molecule has 0 aromatic rings. The van der Waals surface area contributed by atoms with Crippen LogP contribution in [-0.2, 0) is 0 Å². The molecule has 1 unspecified atom stereocenters. The predicted octanol–water partition coefficient (Wildman–Crippen LogP) is 2.13. The van der Waals surface area contributed by atoms with Gasteiger partial charge in [0.2, 0.25) is 0 Å². The number of nitrogens with zero attached hydrogens (tertiary/aromatic N) is 1. The second-order valence-electron chi connectivity index (χ2n) is 3.86. The monoisotopic (exact) mass is 187 g/mol. The van der Waals surface area contributed by atoms with Crippen LogP contribution in [0.25, 0.3) is 0 Å². The van der Waals surface area contributed by atoms with E-state index in [1.165, 1.54) is 19.4 Å². The molecule has 2 nitrogen and oxygen atoms in total. The largest absolute Gasteiger partial charge is 0.396 e. The van der Waals surface area contributed by atoms with E-state index in [-0.39, 0.29) is 0 Å². The first-order valence-corrected chi connectivity index (χ1v) is 5.57. The lowest BCUT2D eigenvalue weighted by atomic mass is 10.1. The Balaban J connectivity index is 3.46. The molecule has 1 atom stereocenters. The van der Waals surface area contributed by atoms with Crippen molar-refractivity contribution < 1.29 is 5.11 Å². The molecule has 0 spiro atoms. The van der Waals surface area contributed by atoms with Gasteiger partial charge >= 0.3 is 0 Å². The Morgan fingerprint density at radius 1 is 1.23 bits per heavy atom. The van der Waals surface area contributed by atoms with E-state index in [1.54, 1.807) is 0 Å². The third kappa shape index (κ3) is 7.03. The summed E-state index contributed by atoms with van der Waals surface area (Å²) in [5.41, 5.74) is 0. The molecule has 0 aliphatic heterocycles. The second-order valence-corrected chi connectivity index (χ2v) is 3.86. The van der Waals surface area contributed by atoms with Gasteiger partial charge in [-0.25, -0.2) is 0 Å². The molecule has 0 heterocycles. The van der Waals surface area contributed by atoms with Crippen molar-refractivity contribution in [2.75, 3.05) is 26.2 Å². The van der Waals surface area contributed by atoms with Crippen LogP contribution in [0.3, 0.4) is 0 Å². The van der Waals surface area contributed by atoms with Crippen molar-refractivity contribution in [1.29, 1.82) is 0 Å². The fourth-order valence-electron chi connectivity index (χ4n) is 1.30. The van der Waals surface area contributed by atoms with Crippen molar-refractivity contribution in [3.05, 3.63) is 0 Å². The third-order valence-corrected chi connectivity index (χ3v) is 2.52. The molecule has 0 rings (SSSR count). The van der Waals surface area contributed by atoms with Gasteiger partial charge in [0.15, 0.2) is 0 Å². The lowest BCUT2D eigenvalue weighted by molar-refractivity contribution is 0.201. The molecule has 0 amide bonds. The van der Waals surface area contributed by atoms with E-state index >= 15 is 0 Å². The first kappa shape index (κ1) is 12.9. The van der Waals surface area contributed by atoms with E-state index in [1.807, 2.05) is 0 Å². The topological polar surface area (TPSA) is 23.5 Å². The molecule has 13 heavy (non-hydrogen) atoms. The van der Waals surface area contributed by atoms with E-state index in [9.17, 15) is 0 Å². The van der Waals surface area contributed by atoms with E-state index in [2.05, 4.69) is 25.7 Å². The number of aliphatic hydroxyl groups is 1. The average molecular weight is 187 g/mol. The van der Waals surface area contributed by atoms with Crippen molar-refractivity contribution in [1.82, 2.24) is 4.90 Å². The average Bonchev–Trinajstić information content (AvgIpc) is 2.17. The number of hydrogen-bond acceptors (Lipinski definition) is 2. The maximum Gasteiger partial charge on any atom is 0.0457 e. The standard InChI is InChI=1S/C11H25NO/c1-4-6-8-12(5-2)9-7-11(3)10-13/h11,13H,4-10H2,1-3H3. The quantitative estimate of drug-likeness (QED) is 0.629. The molecule has 0 aliphatic carbocycles. The normalized spacial score (nSPS) is 13.6. The van der Waals surface area contributed by atoms with Crippen molar-refractivity contribution in [2.24, 2.45) is 5.92 Å². The zero-order valence-corrected chi connectivity index (χ0v) is 9.42. The predicted molar refractivity (Wildman–Crippen MR) is 57.9 cm³/mol. The smallest absolute Gasteiger partial charge is 0.0457 e. The summed E-state index contributed by atoms with van der Waals surface area (Å²) in [7, 11) is 0. The van der Waals surface area contributed by atoms with Crippen molar-refractivity contribution in [2.45, 2.75) is 40.0 Å². The zero-order chi connectivity index (χ0) is 10.1. The van der Waals surface area contributed by atoms with Crippen LogP contribution in [0.5, 0.6) is 0 Å². The first-order valence-electron chi connectivity index (χ1n) is 5.57. The molecular formula is C11H25NO. The number of rotatable bonds is 8. The highest BCUT2D eigenvalue weighted by Crippen LogP contribution is 2.03. The molecule has 0 fully saturated rings. The van der Waals surface area contributed by atoms with Gasteiger partial charge in [0.05, 0.1) is 0 Å². The van der Waals surface area contributed by atoms with Crippen LogP contribution >= 0.6 is 0 Å². The fourth-order valence-corrected chi connectivity index (χ4v) is 1.30. The van der Waals surface area contributed by atoms with Crippen LogP contribution in [0.4, 0.5) is 0 Å². The fraction of sp³-hybridized carbons (Fsp3) is 1.00. The molecule has 80 valence electrons. The molecular weight excluding hydrogens is 162 g/mol. The van der Waals surface area contributed by atoms with Crippen LogP contribution in [-0.4, -0.2) is 36.2 Å². The third-order valence-electron chi connectivity index (χ3n) is 2.52. The highest BCUT2D eigenvalue weighted by molar-refractivity contribution is 4.58. The summed E-state index contributed by atoms with van der Waals surface area (Å²) in [5.74, 6) is 0.454. The molecule has 0 aromatic heterocycles. The Bertz CT molecular complexity index is 106. The van der Waals surface area contributed by atoms with Gasteiger partial charge in [0, 0.05) is 6.61 Å². The van der Waals surface area contributed by atoms with Crippen LogP contribution in [0.1, 0.15) is 40.0 Å². The van der Waals surface area contributed by atoms with E-state index in [0.717, 1.165) is 19.5 Å². The minimum Gasteiger partial charge on any atom is -0.396 e. The van der Waals surface area contributed by atoms with Crippen LogP contribution in [0.15, 0.2) is 0 Å². The van der Waals surface area contributed by atoms with Gasteiger partial charge in [-0.1, -0.05) is 27.2 Å². The van der Waals surface area contributed by atoms with E-state index in [0.29, 0.717) is 12.5 Å². The maximum absolute atomic E-state index is 8.88. The lowest BCUT2D eigenvalue weighted by Gasteiger charge is -2.21. The van der Waals surface area contributed by atoms with Crippen LogP contribution in [0.2, 0.25) is 0 Å². The first-order chi connectivity index (χ1) is 6.24. The summed E-state index contributed by atoms with van der Waals surface area (Å²) in [5, 5.41) is 8.88. The number of hydrogen-bond donors (Lipinski definition) is 1. The molecule has 0 saturated carbocycles. The molecule has 0 radical (unpaired) electrons. The van der Waals surface area contributed by atoms with Crippen molar-refractivity contribution in [3.63, 3.8) is 0 Å². The summed E-state index contributed by atoms with van der Waals surface area (Å²) in [6.07, 6.45) is 3.68. The SMILES string of the molecule is CCCCN(CC)CCC(C)CO. The van der Waals surface area contributed by atoms with E-state index < -0.39 is 0 Å². The van der Waals surface area contributed by atoms with Crippen LogP contribution < -0.4 is 0 Å². The minimum absolute atomic E-state index is 0.325. The van der Waals surface area contributed by atoms with Crippen LogP contribution in [0, 0.1) is 5.92 Å². The Hall–Kier alpha value is -0.0800. The molecule has 0 saturated heterocycles. The summed E-state index contributed by atoms with van der Waals surface area (Å²) < 4.78 is 0. The van der Waals surface area contributed by atoms with Gasteiger partial charge in [0.25, 0.3) is 0 Å². The molecule has 0 aliphatic rings. The Morgan fingerprint density at radius 2 is 1.92 bits per heavy atom. The lowest BCUT2D eigenvalue weighted by Crippen LogP contribution is -2.27. The molecule has 1 N–H and O–H groups in total. The van der Waals surface area contributed by atoms with Crippen molar-refractivity contribution >= 4 is 0 Å². The van der Waals surface area contributed by atoms with E-state index in [4.69, 9.17) is 5.11 Å². The maximum atomic E-state index is 8.88. The highest BCUT2D eigenvalue weighted by atomic mass is 16.3. The van der Waals surface area contributed by atoms with Gasteiger partial charge in [-0.05, 0) is 38.4 Å². The zero-order valence-electron chi connectivity index (χ0n) is 9.42. The van der Waals surface area contributed by atoms with Gasteiger partial charge < -0.3 is 10.0 Å².